The van der Waals surface area contributed by atoms with Gasteiger partial charge in [-0.3, -0.25) is 28.9 Å². The number of ether oxygens (including phenoxy) is 6. The van der Waals surface area contributed by atoms with E-state index >= 15 is 0 Å². The first-order chi connectivity index (χ1) is 43.8. The number of benzene rings is 4. The molecule has 4 aromatic carbocycles. The van der Waals surface area contributed by atoms with Crippen LogP contribution in [0.3, 0.4) is 0 Å². The summed E-state index contributed by atoms with van der Waals surface area (Å²) in [6, 6.07) is 16.6. The maximum atomic E-state index is 14.2. The first-order valence-corrected chi connectivity index (χ1v) is 29.2. The van der Waals surface area contributed by atoms with Crippen molar-refractivity contribution in [3.05, 3.63) is 131 Å². The molecule has 2 atom stereocenters. The number of nitrogens with one attached hydrogen (secondary N) is 7. The third kappa shape index (κ3) is 21.8. The van der Waals surface area contributed by atoms with Crippen LogP contribution in [-0.4, -0.2) is 169 Å². The van der Waals surface area contributed by atoms with Gasteiger partial charge >= 0.3 is 18.1 Å². The molecule has 0 bridgehead atoms. The van der Waals surface area contributed by atoms with Gasteiger partial charge < -0.3 is 76.1 Å². The second-order valence-electron chi connectivity index (χ2n) is 20.5. The van der Waals surface area contributed by atoms with Crippen molar-refractivity contribution in [2.24, 2.45) is 11.7 Å². The molecule has 30 heteroatoms. The van der Waals surface area contributed by atoms with E-state index in [4.69, 9.17) is 50.7 Å². The Kier molecular flexibility index (Phi) is 26.4. The molecule has 7 rings (SSSR count). The third-order valence-electron chi connectivity index (χ3n) is 13.4. The molecular weight excluding hydrogens is 1210 g/mol. The number of urea groups is 1. The van der Waals surface area contributed by atoms with Gasteiger partial charge in [0.25, 0.3) is 11.8 Å². The predicted molar refractivity (Wildman–Crippen MR) is 326 cm³/mol. The summed E-state index contributed by atoms with van der Waals surface area (Å²) in [5.74, 6) is -5.13. The molecule has 8 amide bonds. The number of carbonyl (C=O) groups excluding carboxylic acids is 7. The first-order valence-electron chi connectivity index (χ1n) is 28.8. The number of amides is 8. The number of nitrogens with zero attached hydrogens (tertiary/aromatic N) is 4. The molecule has 6 aromatic rings. The Morgan fingerprint density at radius 3 is 2.08 bits per heavy atom. The second kappa shape index (κ2) is 34.9. The van der Waals surface area contributed by atoms with E-state index in [9.17, 15) is 52.2 Å². The van der Waals surface area contributed by atoms with E-state index in [0.29, 0.717) is 69.5 Å². The lowest BCUT2D eigenvalue weighted by Gasteiger charge is -2.25. The summed E-state index contributed by atoms with van der Waals surface area (Å²) in [5, 5.41) is 25.6. The van der Waals surface area contributed by atoms with Gasteiger partial charge in [-0.15, -0.1) is 0 Å². The number of primary amides is 1. The smallest absolute Gasteiger partial charge is 0.407 e. The van der Waals surface area contributed by atoms with Crippen molar-refractivity contribution in [1.29, 1.82) is 0 Å². The Bertz CT molecular complexity index is 3540. The van der Waals surface area contributed by atoms with Crippen LogP contribution in [0.15, 0.2) is 97.2 Å². The fourth-order valence-corrected chi connectivity index (χ4v) is 8.94. The fourth-order valence-electron chi connectivity index (χ4n) is 8.76. The van der Waals surface area contributed by atoms with Crippen LogP contribution in [0.2, 0.25) is 5.02 Å². The maximum Gasteiger partial charge on any atom is 0.407 e. The van der Waals surface area contributed by atoms with Crippen LogP contribution in [0.5, 0.6) is 5.88 Å². The number of aromatic nitrogens is 4. The molecular formula is C61H69ClF2N12O15. The molecule has 0 spiro atoms. The number of aromatic amines is 1. The van der Waals surface area contributed by atoms with Crippen molar-refractivity contribution in [2.75, 3.05) is 89.7 Å². The van der Waals surface area contributed by atoms with Crippen LogP contribution >= 0.6 is 11.6 Å². The predicted octanol–water partition coefficient (Wildman–Crippen LogP) is 5.63. The Morgan fingerprint density at radius 2 is 1.40 bits per heavy atom. The van der Waals surface area contributed by atoms with Gasteiger partial charge in [-0.2, -0.15) is 0 Å². The molecule has 1 aliphatic rings. The number of rotatable bonds is 37. The fraction of sp³-hybridized carbons (Fsp3) is 0.361. The number of carbonyl (C=O) groups is 8. The minimum atomic E-state index is -1.42. The van der Waals surface area contributed by atoms with Crippen LogP contribution in [0, 0.1) is 17.6 Å². The number of hydrogen-bond donors (Lipinski definition) is 9. The Morgan fingerprint density at radius 1 is 0.725 bits per heavy atom. The van der Waals surface area contributed by atoms with Crippen LogP contribution in [0.1, 0.15) is 54.9 Å². The van der Waals surface area contributed by atoms with E-state index in [2.05, 4.69) is 46.9 Å². The van der Waals surface area contributed by atoms with Gasteiger partial charge in [0.15, 0.2) is 0 Å². The standard InChI is InChI=1S/C61H69ClF2N12O15/c1-36(2)54(75-50(77)17-21-86-24-26-88-28-29-89-27-25-87-23-20-76-52(78)15-16-53(76)79)58(81)72-47(4-3-18-66-60(65)84)57(80)70-40-9-5-37(6-10-40)35-91-61(85)67-19-22-90-51-34-69-46-14-8-39(31-48(46)71-51)56-55(38-7-12-45(64)43(62)30-38)73-49(74-56)33-68-41-11-13-44(63)42(32-41)59(82)83/h5-16,30-32,34,36,47,54,68H,3-4,17-29,33,35H2,1-2H3,(H,67,85)(H,70,80)(H,72,81)(H,73,74)(H,75,77)(H,82,83)(H3,65,66,84)/t47?,54-/m0/s1. The highest BCUT2D eigenvalue weighted by atomic mass is 35.5. The number of halogens is 3. The quantitative estimate of drug-likeness (QED) is 0.0169. The Balaban J connectivity index is 0.820. The summed E-state index contributed by atoms with van der Waals surface area (Å²) in [5.41, 5.74) is 8.96. The van der Waals surface area contributed by atoms with Crippen molar-refractivity contribution in [2.45, 2.75) is 58.3 Å². The average molecular weight is 1280 g/mol. The Labute approximate surface area is 525 Å². The minimum Gasteiger partial charge on any atom is -0.478 e. The monoisotopic (exact) mass is 1280 g/mol. The number of hydrogen-bond acceptors (Lipinski definition) is 18. The van der Waals surface area contributed by atoms with Gasteiger partial charge in [-0.1, -0.05) is 43.6 Å². The lowest BCUT2D eigenvalue weighted by molar-refractivity contribution is -0.137. The molecule has 484 valence electrons. The van der Waals surface area contributed by atoms with Crippen LogP contribution in [0.25, 0.3) is 33.5 Å². The number of alkyl carbamates (subject to hydrolysis) is 1. The molecule has 10 N–H and O–H groups in total. The number of H-pyrrole nitrogens is 1. The van der Waals surface area contributed by atoms with E-state index in [-0.39, 0.29) is 127 Å². The molecule has 0 saturated heterocycles. The summed E-state index contributed by atoms with van der Waals surface area (Å²) in [7, 11) is 0. The largest absolute Gasteiger partial charge is 0.478 e. The number of imide groups is 1. The maximum absolute atomic E-state index is 14.2. The van der Waals surface area contributed by atoms with Crippen molar-refractivity contribution in [3.63, 3.8) is 0 Å². The molecule has 0 aliphatic carbocycles. The van der Waals surface area contributed by atoms with Gasteiger partial charge in [0, 0.05) is 47.6 Å². The first kappa shape index (κ1) is 68.8. The molecule has 1 unspecified atom stereocenters. The third-order valence-corrected chi connectivity index (χ3v) is 13.7. The second-order valence-corrected chi connectivity index (χ2v) is 20.9. The molecule has 3 heterocycles. The molecule has 0 fully saturated rings. The van der Waals surface area contributed by atoms with Crippen LogP contribution in [0.4, 0.5) is 29.7 Å². The lowest BCUT2D eigenvalue weighted by atomic mass is 10.0. The number of carboxylic acids is 1. The molecule has 0 saturated carbocycles. The molecule has 27 nitrogen and oxygen atoms in total. The molecule has 0 radical (unpaired) electrons. The number of fused-ring (bicyclic) bond motifs is 1. The van der Waals surface area contributed by atoms with E-state index in [1.54, 1.807) is 56.3 Å². The Hall–Kier alpha value is -9.68. The number of aromatic carboxylic acids is 1. The summed E-state index contributed by atoms with van der Waals surface area (Å²) >= 11 is 6.16. The summed E-state index contributed by atoms with van der Waals surface area (Å²) in [4.78, 5) is 117. The van der Waals surface area contributed by atoms with Gasteiger partial charge in [0.05, 0.1) is 112 Å². The zero-order chi connectivity index (χ0) is 65.2. The number of nitrogens with two attached hydrogens (primary N) is 1. The number of anilines is 2. The van der Waals surface area contributed by atoms with Crippen molar-refractivity contribution in [1.82, 2.24) is 46.1 Å². The van der Waals surface area contributed by atoms with Crippen LogP contribution < -0.4 is 42.4 Å². The summed E-state index contributed by atoms with van der Waals surface area (Å²) in [6.45, 7) is 5.54. The SMILES string of the molecule is CC(C)[C@H](NC(=O)CCOCCOCCOCCOCCN1C(=O)C=CC1=O)C(=O)NC(CCCNC(N)=O)C(=O)Nc1ccc(COC(=O)NCCOc2cnc3ccc(-c4[nH]c(CNc5ccc(F)c(C(=O)O)c5)nc4-c4ccc(F)c(Cl)c4)cc3n2)cc1. The van der Waals surface area contributed by atoms with E-state index in [1.165, 1.54) is 48.7 Å². The van der Waals surface area contributed by atoms with Gasteiger partial charge in [0.1, 0.15) is 42.8 Å². The van der Waals surface area contributed by atoms with E-state index in [1.807, 2.05) is 0 Å². The average Bonchev–Trinajstić information content (AvgIpc) is 1.74. The van der Waals surface area contributed by atoms with Crippen molar-refractivity contribution in [3.8, 4) is 28.4 Å². The van der Waals surface area contributed by atoms with Gasteiger partial charge in [0.2, 0.25) is 23.6 Å². The summed E-state index contributed by atoms with van der Waals surface area (Å²) < 4.78 is 61.3. The summed E-state index contributed by atoms with van der Waals surface area (Å²) in [6.07, 6.45) is 3.41. The highest BCUT2D eigenvalue weighted by Gasteiger charge is 2.29. The molecule has 2 aromatic heterocycles. The highest BCUT2D eigenvalue weighted by molar-refractivity contribution is 6.31. The van der Waals surface area contributed by atoms with E-state index in [0.717, 1.165) is 11.0 Å². The topological polar surface area (TPSA) is 368 Å². The zero-order valence-corrected chi connectivity index (χ0v) is 50.4. The van der Waals surface area contributed by atoms with Gasteiger partial charge in [-0.05, 0) is 85.0 Å². The number of imidazole rings is 1. The number of carboxylic acid groups (broad SMARTS) is 1. The zero-order valence-electron chi connectivity index (χ0n) is 49.7. The van der Waals surface area contributed by atoms with E-state index < -0.39 is 65.1 Å². The normalized spacial score (nSPS) is 12.6. The van der Waals surface area contributed by atoms with Crippen LogP contribution in [-0.2, 0) is 60.8 Å². The molecule has 1 aliphatic heterocycles. The van der Waals surface area contributed by atoms with Crippen molar-refractivity contribution < 1.29 is 80.7 Å². The molecule has 91 heavy (non-hydrogen) atoms. The van der Waals surface area contributed by atoms with Gasteiger partial charge in [-0.25, -0.2) is 38.1 Å². The highest BCUT2D eigenvalue weighted by Crippen LogP contribution is 2.34. The lowest BCUT2D eigenvalue weighted by Crippen LogP contribution is -2.54. The minimum absolute atomic E-state index is 0.0159. The van der Waals surface area contributed by atoms with Crippen molar-refractivity contribution >= 4 is 81.6 Å².